The highest BCUT2D eigenvalue weighted by Crippen LogP contribution is 2.24. The Morgan fingerprint density at radius 3 is 2.79 bits per heavy atom. The van der Waals surface area contributed by atoms with Crippen molar-refractivity contribution in [2.24, 2.45) is 0 Å². The number of fused-ring (bicyclic) bond motifs is 1. The summed E-state index contributed by atoms with van der Waals surface area (Å²) in [5.41, 5.74) is 2.31. The predicted molar refractivity (Wildman–Crippen MR) is 79.4 cm³/mol. The second-order valence-electron chi connectivity index (χ2n) is 5.42. The first kappa shape index (κ1) is 12.5. The van der Waals surface area contributed by atoms with E-state index < -0.39 is 0 Å². The molecule has 2 aromatic rings. The molecule has 3 rings (SSSR count). The number of aromatic amines is 1. The number of hydrogen-bond acceptors (Lipinski definition) is 3. The summed E-state index contributed by atoms with van der Waals surface area (Å²) < 4.78 is 0. The van der Waals surface area contributed by atoms with E-state index in [4.69, 9.17) is 0 Å². The summed E-state index contributed by atoms with van der Waals surface area (Å²) in [6.45, 7) is 3.27. The van der Waals surface area contributed by atoms with E-state index in [-0.39, 0.29) is 0 Å². The molecule has 1 aliphatic carbocycles. The average molecular weight is 258 g/mol. The normalized spacial score (nSPS) is 23.6. The number of aromatic nitrogens is 2. The molecule has 0 unspecified atom stereocenters. The summed E-state index contributed by atoms with van der Waals surface area (Å²) in [6.07, 6.45) is 6.93. The second-order valence-corrected chi connectivity index (χ2v) is 5.42. The minimum atomic E-state index is 0.610. The fourth-order valence-corrected chi connectivity index (χ4v) is 3.00. The molecule has 1 heterocycles. The molecule has 1 aliphatic rings. The van der Waals surface area contributed by atoms with Crippen LogP contribution in [0.2, 0.25) is 0 Å². The quantitative estimate of drug-likeness (QED) is 0.790. The van der Waals surface area contributed by atoms with Gasteiger partial charge in [-0.15, -0.1) is 0 Å². The second kappa shape index (κ2) is 5.61. The highest BCUT2D eigenvalue weighted by molar-refractivity contribution is 5.81. The Hall–Kier alpha value is -1.55. The van der Waals surface area contributed by atoms with Gasteiger partial charge in [0.1, 0.15) is 0 Å². The van der Waals surface area contributed by atoms with E-state index in [1.54, 1.807) is 0 Å². The Kier molecular flexibility index (Phi) is 3.69. The maximum atomic E-state index is 4.06. The fraction of sp³-hybridized carbons (Fsp3) is 0.533. The molecule has 19 heavy (non-hydrogen) atoms. The molecule has 0 atom stereocenters. The van der Waals surface area contributed by atoms with Crippen LogP contribution in [0.25, 0.3) is 10.9 Å². The van der Waals surface area contributed by atoms with Crippen molar-refractivity contribution in [2.45, 2.75) is 44.7 Å². The van der Waals surface area contributed by atoms with E-state index in [2.05, 4.69) is 46.0 Å². The van der Waals surface area contributed by atoms with Gasteiger partial charge in [0.15, 0.2) is 0 Å². The molecule has 4 nitrogen and oxygen atoms in total. The fourth-order valence-electron chi connectivity index (χ4n) is 3.00. The van der Waals surface area contributed by atoms with Gasteiger partial charge >= 0.3 is 0 Å². The third-order valence-electron chi connectivity index (χ3n) is 4.03. The van der Waals surface area contributed by atoms with Gasteiger partial charge in [0.25, 0.3) is 0 Å². The van der Waals surface area contributed by atoms with Gasteiger partial charge in [0, 0.05) is 23.2 Å². The third kappa shape index (κ3) is 2.89. The Balaban J connectivity index is 1.59. The van der Waals surface area contributed by atoms with Gasteiger partial charge in [-0.25, -0.2) is 0 Å². The van der Waals surface area contributed by atoms with E-state index >= 15 is 0 Å². The van der Waals surface area contributed by atoms with E-state index in [0.717, 1.165) is 18.1 Å². The summed E-state index contributed by atoms with van der Waals surface area (Å²) in [7, 11) is 0. The Labute approximate surface area is 114 Å². The standard InChI is InChI=1S/C15H22N4/c1-2-16-12-3-5-13(6-4-12)18-14-7-8-15-11(9-14)10-17-19-15/h7-10,12-13,16,18H,2-6H2,1H3,(H,17,19). The van der Waals surface area contributed by atoms with Crippen LogP contribution in [0.1, 0.15) is 32.6 Å². The van der Waals surface area contributed by atoms with Crippen LogP contribution < -0.4 is 10.6 Å². The molecule has 0 radical (unpaired) electrons. The Bertz CT molecular complexity index is 526. The zero-order valence-corrected chi connectivity index (χ0v) is 11.4. The molecule has 102 valence electrons. The van der Waals surface area contributed by atoms with Crippen LogP contribution in [0, 0.1) is 0 Å². The first-order valence-corrected chi connectivity index (χ1v) is 7.28. The van der Waals surface area contributed by atoms with Crippen molar-refractivity contribution in [1.82, 2.24) is 15.5 Å². The van der Waals surface area contributed by atoms with Crippen LogP contribution in [0.5, 0.6) is 0 Å². The van der Waals surface area contributed by atoms with Crippen LogP contribution >= 0.6 is 0 Å². The Morgan fingerprint density at radius 2 is 2.00 bits per heavy atom. The molecule has 4 heteroatoms. The minimum absolute atomic E-state index is 0.610. The molecule has 1 fully saturated rings. The van der Waals surface area contributed by atoms with Crippen molar-refractivity contribution in [3.8, 4) is 0 Å². The molecular weight excluding hydrogens is 236 g/mol. The van der Waals surface area contributed by atoms with E-state index in [0.29, 0.717) is 6.04 Å². The summed E-state index contributed by atoms with van der Waals surface area (Å²) >= 11 is 0. The number of rotatable bonds is 4. The van der Waals surface area contributed by atoms with E-state index in [9.17, 15) is 0 Å². The summed E-state index contributed by atoms with van der Waals surface area (Å²) in [6, 6.07) is 7.74. The van der Waals surface area contributed by atoms with Gasteiger partial charge < -0.3 is 10.6 Å². The van der Waals surface area contributed by atoms with Gasteiger partial charge in [0.2, 0.25) is 0 Å². The number of H-pyrrole nitrogens is 1. The maximum Gasteiger partial charge on any atom is 0.0651 e. The van der Waals surface area contributed by atoms with E-state index in [1.807, 2.05) is 6.20 Å². The van der Waals surface area contributed by atoms with Gasteiger partial charge in [-0.3, -0.25) is 5.10 Å². The van der Waals surface area contributed by atoms with Crippen LogP contribution in [0.15, 0.2) is 24.4 Å². The lowest BCUT2D eigenvalue weighted by atomic mass is 9.91. The topological polar surface area (TPSA) is 52.7 Å². The van der Waals surface area contributed by atoms with Crippen LogP contribution in [-0.2, 0) is 0 Å². The lowest BCUT2D eigenvalue weighted by Crippen LogP contribution is -2.36. The highest BCUT2D eigenvalue weighted by atomic mass is 15.1. The van der Waals surface area contributed by atoms with Crippen molar-refractivity contribution >= 4 is 16.6 Å². The van der Waals surface area contributed by atoms with Crippen LogP contribution in [-0.4, -0.2) is 28.8 Å². The number of anilines is 1. The number of nitrogens with zero attached hydrogens (tertiary/aromatic N) is 1. The van der Waals surface area contributed by atoms with Crippen LogP contribution in [0.3, 0.4) is 0 Å². The summed E-state index contributed by atoms with van der Waals surface area (Å²) in [4.78, 5) is 0. The molecule has 3 N–H and O–H groups in total. The third-order valence-corrected chi connectivity index (χ3v) is 4.03. The molecule has 0 spiro atoms. The van der Waals surface area contributed by atoms with Crippen molar-refractivity contribution in [1.29, 1.82) is 0 Å². The number of hydrogen-bond donors (Lipinski definition) is 3. The number of benzene rings is 1. The average Bonchev–Trinajstić information content (AvgIpc) is 2.89. The molecule has 1 aromatic carbocycles. The lowest BCUT2D eigenvalue weighted by Gasteiger charge is -2.30. The molecule has 1 saturated carbocycles. The minimum Gasteiger partial charge on any atom is -0.382 e. The first-order chi connectivity index (χ1) is 9.35. The predicted octanol–water partition coefficient (Wildman–Crippen LogP) is 2.90. The monoisotopic (exact) mass is 258 g/mol. The van der Waals surface area contributed by atoms with E-state index in [1.165, 1.54) is 36.8 Å². The smallest absolute Gasteiger partial charge is 0.0651 e. The van der Waals surface area contributed by atoms with Crippen molar-refractivity contribution in [2.75, 3.05) is 11.9 Å². The maximum absolute atomic E-state index is 4.06. The van der Waals surface area contributed by atoms with Gasteiger partial charge in [-0.2, -0.15) is 5.10 Å². The molecule has 0 aliphatic heterocycles. The molecule has 0 amide bonds. The van der Waals surface area contributed by atoms with Crippen LogP contribution in [0.4, 0.5) is 5.69 Å². The van der Waals surface area contributed by atoms with Crippen molar-refractivity contribution in [3.63, 3.8) is 0 Å². The highest BCUT2D eigenvalue weighted by Gasteiger charge is 2.20. The lowest BCUT2D eigenvalue weighted by molar-refractivity contribution is 0.359. The zero-order valence-electron chi connectivity index (χ0n) is 11.4. The molecular formula is C15H22N4. The molecule has 1 aromatic heterocycles. The van der Waals surface area contributed by atoms with Gasteiger partial charge in [0.05, 0.1) is 11.7 Å². The number of nitrogens with one attached hydrogen (secondary N) is 3. The summed E-state index contributed by atoms with van der Waals surface area (Å²) in [5, 5.41) is 15.4. The van der Waals surface area contributed by atoms with Crippen molar-refractivity contribution in [3.05, 3.63) is 24.4 Å². The van der Waals surface area contributed by atoms with Crippen molar-refractivity contribution < 1.29 is 0 Å². The molecule has 0 saturated heterocycles. The molecule has 0 bridgehead atoms. The Morgan fingerprint density at radius 1 is 1.21 bits per heavy atom. The largest absolute Gasteiger partial charge is 0.382 e. The van der Waals surface area contributed by atoms with Gasteiger partial charge in [-0.05, 0) is 50.4 Å². The zero-order chi connectivity index (χ0) is 13.1. The summed E-state index contributed by atoms with van der Waals surface area (Å²) in [5.74, 6) is 0. The SMILES string of the molecule is CCNC1CCC(Nc2ccc3[nH]ncc3c2)CC1. The van der Waals surface area contributed by atoms with Gasteiger partial charge in [-0.1, -0.05) is 6.92 Å². The first-order valence-electron chi connectivity index (χ1n) is 7.28.